The number of rotatable bonds is 2. The first kappa shape index (κ1) is 13.4. The molecule has 0 aliphatic carbocycles. The lowest BCUT2D eigenvalue weighted by molar-refractivity contribution is 0.133. The maximum absolute atomic E-state index is 7.79. The van der Waals surface area contributed by atoms with Gasteiger partial charge in [0.2, 0.25) is 0 Å². The number of amidine groups is 1. The van der Waals surface area contributed by atoms with Gasteiger partial charge in [0.05, 0.1) is 0 Å². The number of aryl methyl sites for hydroxylation is 1. The molecule has 2 aliphatic heterocycles. The summed E-state index contributed by atoms with van der Waals surface area (Å²) in [6, 6.07) is 6.88. The van der Waals surface area contributed by atoms with Gasteiger partial charge < -0.3 is 10.6 Å². The van der Waals surface area contributed by atoms with E-state index in [1.165, 1.54) is 31.4 Å². The van der Waals surface area contributed by atoms with Crippen LogP contribution in [0.2, 0.25) is 0 Å². The fourth-order valence-corrected chi connectivity index (χ4v) is 3.51. The van der Waals surface area contributed by atoms with Crippen molar-refractivity contribution in [1.29, 1.82) is 5.41 Å². The van der Waals surface area contributed by atoms with Gasteiger partial charge in [0.1, 0.15) is 5.84 Å². The van der Waals surface area contributed by atoms with E-state index >= 15 is 0 Å². The number of hydrogen-bond donors (Lipinski definition) is 2. The molecule has 3 N–H and O–H groups in total. The summed E-state index contributed by atoms with van der Waals surface area (Å²) in [6.07, 6.45) is 4.00. The number of nitrogens with two attached hydrogens (primary N) is 1. The number of nitrogens with zero attached hydrogens (tertiary/aromatic N) is 2. The van der Waals surface area contributed by atoms with E-state index in [2.05, 4.69) is 22.8 Å². The molecular formula is C16H24N4. The summed E-state index contributed by atoms with van der Waals surface area (Å²) in [7, 11) is 0. The van der Waals surface area contributed by atoms with Crippen LogP contribution < -0.4 is 10.6 Å². The van der Waals surface area contributed by atoms with Crippen LogP contribution in [0.3, 0.4) is 0 Å². The van der Waals surface area contributed by atoms with Crippen LogP contribution >= 0.6 is 0 Å². The second-order valence-corrected chi connectivity index (χ2v) is 6.07. The van der Waals surface area contributed by atoms with E-state index < -0.39 is 0 Å². The predicted molar refractivity (Wildman–Crippen MR) is 83.6 cm³/mol. The second-order valence-electron chi connectivity index (χ2n) is 6.07. The molecule has 1 atom stereocenters. The van der Waals surface area contributed by atoms with E-state index in [1.54, 1.807) is 0 Å². The lowest BCUT2D eigenvalue weighted by Crippen LogP contribution is -2.55. The predicted octanol–water partition coefficient (Wildman–Crippen LogP) is 1.95. The number of piperazine rings is 1. The second kappa shape index (κ2) is 5.44. The molecule has 1 unspecified atom stereocenters. The van der Waals surface area contributed by atoms with Gasteiger partial charge in [0.15, 0.2) is 0 Å². The largest absolute Gasteiger partial charge is 0.384 e. The minimum absolute atomic E-state index is 0.172. The molecule has 108 valence electrons. The van der Waals surface area contributed by atoms with E-state index in [1.807, 2.05) is 12.1 Å². The quantitative estimate of drug-likeness (QED) is 0.639. The van der Waals surface area contributed by atoms with Crippen LogP contribution in [-0.4, -0.2) is 43.0 Å². The van der Waals surface area contributed by atoms with E-state index in [-0.39, 0.29) is 5.84 Å². The van der Waals surface area contributed by atoms with Crippen LogP contribution in [0, 0.1) is 12.3 Å². The van der Waals surface area contributed by atoms with Crippen LogP contribution in [0.5, 0.6) is 0 Å². The molecule has 0 spiro atoms. The first-order valence-corrected chi connectivity index (χ1v) is 7.59. The van der Waals surface area contributed by atoms with E-state index in [4.69, 9.17) is 11.1 Å². The topological polar surface area (TPSA) is 56.4 Å². The van der Waals surface area contributed by atoms with E-state index in [9.17, 15) is 0 Å². The Kier molecular flexibility index (Phi) is 3.66. The molecular weight excluding hydrogens is 248 g/mol. The van der Waals surface area contributed by atoms with Gasteiger partial charge >= 0.3 is 0 Å². The molecule has 4 heteroatoms. The van der Waals surface area contributed by atoms with Crippen molar-refractivity contribution in [1.82, 2.24) is 4.90 Å². The lowest BCUT2D eigenvalue weighted by Gasteiger charge is -2.45. The molecule has 0 aromatic heterocycles. The molecule has 0 saturated carbocycles. The zero-order valence-corrected chi connectivity index (χ0v) is 12.2. The Morgan fingerprint density at radius 1 is 1.25 bits per heavy atom. The van der Waals surface area contributed by atoms with Crippen molar-refractivity contribution in [3.05, 3.63) is 29.3 Å². The summed E-state index contributed by atoms with van der Waals surface area (Å²) in [5, 5.41) is 7.79. The average molecular weight is 272 g/mol. The molecule has 20 heavy (non-hydrogen) atoms. The maximum Gasteiger partial charge on any atom is 0.124 e. The summed E-state index contributed by atoms with van der Waals surface area (Å²) in [5.41, 5.74) is 9.00. The summed E-state index contributed by atoms with van der Waals surface area (Å²) < 4.78 is 0. The average Bonchev–Trinajstić information content (AvgIpc) is 2.46. The molecule has 2 fully saturated rings. The van der Waals surface area contributed by atoms with Crippen LogP contribution in [0.1, 0.15) is 30.4 Å². The zero-order chi connectivity index (χ0) is 14.1. The Morgan fingerprint density at radius 2 is 2.10 bits per heavy atom. The molecule has 2 aliphatic rings. The smallest absolute Gasteiger partial charge is 0.124 e. The Labute approximate surface area is 121 Å². The van der Waals surface area contributed by atoms with Crippen LogP contribution in [0.15, 0.2) is 18.2 Å². The molecule has 0 bridgehead atoms. The van der Waals surface area contributed by atoms with Gasteiger partial charge in [-0.15, -0.1) is 0 Å². The Bertz CT molecular complexity index is 511. The molecule has 2 saturated heterocycles. The summed E-state index contributed by atoms with van der Waals surface area (Å²) in [5.74, 6) is 0.172. The number of piperidine rings is 1. The summed E-state index contributed by atoms with van der Waals surface area (Å²) in [6.45, 7) is 6.61. The summed E-state index contributed by atoms with van der Waals surface area (Å²) >= 11 is 0. The van der Waals surface area contributed by atoms with Gasteiger partial charge in [0, 0.05) is 36.9 Å². The minimum Gasteiger partial charge on any atom is -0.384 e. The van der Waals surface area contributed by atoms with Crippen molar-refractivity contribution in [3.63, 3.8) is 0 Å². The van der Waals surface area contributed by atoms with Crippen molar-refractivity contribution >= 4 is 11.5 Å². The minimum atomic E-state index is 0.172. The highest BCUT2D eigenvalue weighted by Crippen LogP contribution is 2.28. The molecule has 0 amide bonds. The third-order valence-corrected chi connectivity index (χ3v) is 4.62. The monoisotopic (exact) mass is 272 g/mol. The van der Waals surface area contributed by atoms with Gasteiger partial charge in [-0.25, -0.2) is 0 Å². The SMILES string of the molecule is Cc1ccc(C(=N)N)c(N2CCN3CCCCC3C2)c1. The lowest BCUT2D eigenvalue weighted by atomic mass is 9.98. The van der Waals surface area contributed by atoms with Crippen LogP contribution in [0.25, 0.3) is 0 Å². The van der Waals surface area contributed by atoms with Crippen molar-refractivity contribution in [2.24, 2.45) is 5.73 Å². The highest BCUT2D eigenvalue weighted by molar-refractivity contribution is 6.00. The summed E-state index contributed by atoms with van der Waals surface area (Å²) in [4.78, 5) is 5.06. The fourth-order valence-electron chi connectivity index (χ4n) is 3.51. The standard InChI is InChI=1S/C16H24N4/c1-12-5-6-14(16(17)18)15(10-12)20-9-8-19-7-3-2-4-13(19)11-20/h5-6,10,13H,2-4,7-9,11H2,1H3,(H3,17,18). The van der Waals surface area contributed by atoms with Crippen molar-refractivity contribution in [3.8, 4) is 0 Å². The van der Waals surface area contributed by atoms with Crippen molar-refractivity contribution in [2.75, 3.05) is 31.1 Å². The van der Waals surface area contributed by atoms with Gasteiger partial charge in [-0.1, -0.05) is 12.5 Å². The first-order valence-electron chi connectivity index (χ1n) is 7.59. The molecule has 3 rings (SSSR count). The first-order chi connectivity index (χ1) is 9.65. The van der Waals surface area contributed by atoms with E-state index in [0.29, 0.717) is 6.04 Å². The molecule has 4 nitrogen and oxygen atoms in total. The molecule has 1 aromatic rings. The molecule has 2 heterocycles. The van der Waals surface area contributed by atoms with Crippen LogP contribution in [-0.2, 0) is 0 Å². The normalized spacial score (nSPS) is 23.4. The third-order valence-electron chi connectivity index (χ3n) is 4.62. The highest BCUT2D eigenvalue weighted by Gasteiger charge is 2.29. The van der Waals surface area contributed by atoms with Crippen LogP contribution in [0.4, 0.5) is 5.69 Å². The van der Waals surface area contributed by atoms with Gasteiger partial charge in [-0.05, 0) is 44.0 Å². The maximum atomic E-state index is 7.79. The van der Waals surface area contributed by atoms with Gasteiger partial charge in [0.25, 0.3) is 0 Å². The number of nitrogen functional groups attached to an aromatic ring is 1. The van der Waals surface area contributed by atoms with Gasteiger partial charge in [-0.2, -0.15) is 0 Å². The zero-order valence-electron chi connectivity index (χ0n) is 12.2. The Balaban J connectivity index is 1.85. The van der Waals surface area contributed by atoms with Gasteiger partial charge in [-0.3, -0.25) is 10.3 Å². The third kappa shape index (κ3) is 2.52. The molecule has 0 radical (unpaired) electrons. The molecule has 1 aromatic carbocycles. The van der Waals surface area contributed by atoms with E-state index in [0.717, 1.165) is 30.9 Å². The number of anilines is 1. The Hall–Kier alpha value is -1.55. The Morgan fingerprint density at radius 3 is 2.90 bits per heavy atom. The number of fused-ring (bicyclic) bond motifs is 1. The van der Waals surface area contributed by atoms with Crippen molar-refractivity contribution in [2.45, 2.75) is 32.2 Å². The highest BCUT2D eigenvalue weighted by atomic mass is 15.3. The number of nitrogens with one attached hydrogen (secondary N) is 1. The number of hydrogen-bond acceptors (Lipinski definition) is 3. The number of benzene rings is 1. The fraction of sp³-hybridized carbons (Fsp3) is 0.562. The van der Waals surface area contributed by atoms with Crippen molar-refractivity contribution < 1.29 is 0 Å².